The van der Waals surface area contributed by atoms with E-state index in [1.807, 2.05) is 0 Å². The molecule has 0 aromatic carbocycles. The maximum Gasteiger partial charge on any atom is 0.422 e. The fourth-order valence-electron chi connectivity index (χ4n) is 1.66. The predicted molar refractivity (Wildman–Crippen MR) is 74.5 cm³/mol. The highest BCUT2D eigenvalue weighted by Gasteiger charge is 2.29. The summed E-state index contributed by atoms with van der Waals surface area (Å²) in [5.74, 6) is -0.248. The topological polar surface area (TPSA) is 71.5 Å². The quantitative estimate of drug-likeness (QED) is 0.781. The van der Waals surface area contributed by atoms with Crippen LogP contribution in [0.15, 0.2) is 18.3 Å². The maximum absolute atomic E-state index is 12.2. The van der Waals surface area contributed by atoms with Gasteiger partial charge in [0, 0.05) is 31.4 Å². The molecule has 0 aliphatic heterocycles. The van der Waals surface area contributed by atoms with Crippen molar-refractivity contribution < 1.29 is 26.3 Å². The van der Waals surface area contributed by atoms with Crippen LogP contribution in [0.1, 0.15) is 19.4 Å². The number of alkyl halides is 3. The average Bonchev–Trinajstić information content (AvgIpc) is 2.44. The van der Waals surface area contributed by atoms with Crippen molar-refractivity contribution in [1.29, 1.82) is 0 Å². The van der Waals surface area contributed by atoms with Gasteiger partial charge in [0.25, 0.3) is 10.2 Å². The molecule has 10 heteroatoms. The Balaban J connectivity index is 2.78. The van der Waals surface area contributed by atoms with Crippen LogP contribution in [-0.4, -0.2) is 43.6 Å². The molecule has 1 aromatic heterocycles. The largest absolute Gasteiger partial charge is 0.468 e. The van der Waals surface area contributed by atoms with Crippen molar-refractivity contribution in [3.8, 4) is 5.88 Å². The SMILES string of the molecule is CCN(CC)S(=O)(=O)NCc1cccnc1OCC(F)(F)F. The van der Waals surface area contributed by atoms with E-state index in [4.69, 9.17) is 0 Å². The smallest absolute Gasteiger partial charge is 0.422 e. The lowest BCUT2D eigenvalue weighted by Gasteiger charge is -2.19. The van der Waals surface area contributed by atoms with Gasteiger partial charge in [0.15, 0.2) is 6.61 Å². The first kappa shape index (κ1) is 18.7. The molecule has 22 heavy (non-hydrogen) atoms. The minimum atomic E-state index is -4.49. The summed E-state index contributed by atoms with van der Waals surface area (Å²) in [6.45, 7) is 2.25. The summed E-state index contributed by atoms with van der Waals surface area (Å²) in [6.07, 6.45) is -3.22. The predicted octanol–water partition coefficient (Wildman–Crippen LogP) is 1.70. The number of hydrogen-bond acceptors (Lipinski definition) is 4. The highest BCUT2D eigenvalue weighted by molar-refractivity contribution is 7.87. The molecule has 0 spiro atoms. The van der Waals surface area contributed by atoms with Crippen LogP contribution in [-0.2, 0) is 16.8 Å². The summed E-state index contributed by atoms with van der Waals surface area (Å²) < 4.78 is 68.6. The van der Waals surface area contributed by atoms with Gasteiger partial charge in [0.1, 0.15) is 0 Å². The molecule has 0 fully saturated rings. The van der Waals surface area contributed by atoms with Crippen LogP contribution in [0.2, 0.25) is 0 Å². The van der Waals surface area contributed by atoms with E-state index >= 15 is 0 Å². The minimum absolute atomic E-state index is 0.208. The third-order valence-corrected chi connectivity index (χ3v) is 4.42. The van der Waals surface area contributed by atoms with Gasteiger partial charge >= 0.3 is 6.18 Å². The number of hydrogen-bond donors (Lipinski definition) is 1. The van der Waals surface area contributed by atoms with Crippen molar-refractivity contribution in [3.63, 3.8) is 0 Å². The average molecular weight is 341 g/mol. The zero-order valence-corrected chi connectivity index (χ0v) is 13.0. The molecule has 1 rings (SSSR count). The molecule has 0 atom stereocenters. The molecule has 0 saturated heterocycles. The van der Waals surface area contributed by atoms with Crippen LogP contribution in [0.25, 0.3) is 0 Å². The monoisotopic (exact) mass is 341 g/mol. The Morgan fingerprint density at radius 1 is 1.32 bits per heavy atom. The Morgan fingerprint density at radius 3 is 2.50 bits per heavy atom. The highest BCUT2D eigenvalue weighted by Crippen LogP contribution is 2.20. The van der Waals surface area contributed by atoms with Gasteiger partial charge in [0.2, 0.25) is 5.88 Å². The molecule has 0 radical (unpaired) electrons. The van der Waals surface area contributed by atoms with E-state index in [0.717, 1.165) is 0 Å². The van der Waals surface area contributed by atoms with E-state index < -0.39 is 23.0 Å². The first-order valence-corrected chi connectivity index (χ1v) is 8.01. The van der Waals surface area contributed by atoms with Crippen LogP contribution < -0.4 is 9.46 Å². The summed E-state index contributed by atoms with van der Waals surface area (Å²) >= 11 is 0. The molecule has 0 amide bonds. The number of ether oxygens (including phenoxy) is 1. The van der Waals surface area contributed by atoms with Crippen LogP contribution in [0.4, 0.5) is 13.2 Å². The maximum atomic E-state index is 12.2. The summed E-state index contributed by atoms with van der Waals surface area (Å²) in [6, 6.07) is 2.94. The standard InChI is InChI=1S/C12H18F3N3O3S/c1-3-18(4-2)22(19,20)17-8-10-6-5-7-16-11(10)21-9-12(13,14)15/h5-7,17H,3-4,8-9H2,1-2H3. The number of halogens is 3. The van der Waals surface area contributed by atoms with Gasteiger partial charge in [-0.3, -0.25) is 0 Å². The van der Waals surface area contributed by atoms with E-state index in [-0.39, 0.29) is 31.1 Å². The number of nitrogens with zero attached hydrogens (tertiary/aromatic N) is 2. The Hall–Kier alpha value is -1.39. The molecule has 1 heterocycles. The second-order valence-corrected chi connectivity index (χ2v) is 6.04. The minimum Gasteiger partial charge on any atom is -0.468 e. The Morgan fingerprint density at radius 2 is 1.95 bits per heavy atom. The molecule has 1 aromatic rings. The van der Waals surface area contributed by atoms with Gasteiger partial charge in [-0.15, -0.1) is 0 Å². The lowest BCUT2D eigenvalue weighted by Crippen LogP contribution is -2.40. The first-order valence-electron chi connectivity index (χ1n) is 6.57. The van der Waals surface area contributed by atoms with Crippen molar-refractivity contribution in [2.24, 2.45) is 0 Å². The van der Waals surface area contributed by atoms with Gasteiger partial charge in [-0.25, -0.2) is 4.98 Å². The second kappa shape index (κ2) is 7.75. The van der Waals surface area contributed by atoms with Crippen LogP contribution >= 0.6 is 0 Å². The van der Waals surface area contributed by atoms with Crippen LogP contribution in [0, 0.1) is 0 Å². The van der Waals surface area contributed by atoms with Crippen molar-refractivity contribution in [2.75, 3.05) is 19.7 Å². The van der Waals surface area contributed by atoms with Gasteiger partial charge in [-0.1, -0.05) is 19.9 Å². The summed E-state index contributed by atoms with van der Waals surface area (Å²) in [5.41, 5.74) is 0.225. The van der Waals surface area contributed by atoms with E-state index in [1.54, 1.807) is 13.8 Å². The van der Waals surface area contributed by atoms with Gasteiger partial charge in [-0.05, 0) is 6.07 Å². The van der Waals surface area contributed by atoms with Crippen molar-refractivity contribution in [1.82, 2.24) is 14.0 Å². The van der Waals surface area contributed by atoms with Crippen LogP contribution in [0.5, 0.6) is 5.88 Å². The number of aromatic nitrogens is 1. The molecule has 0 aliphatic rings. The number of pyridine rings is 1. The molecule has 0 unspecified atom stereocenters. The van der Waals surface area contributed by atoms with Crippen molar-refractivity contribution >= 4 is 10.2 Å². The molecule has 0 bridgehead atoms. The molecule has 0 saturated carbocycles. The third-order valence-electron chi connectivity index (χ3n) is 2.71. The number of nitrogens with one attached hydrogen (secondary N) is 1. The Bertz CT molecular complexity index is 574. The Kier molecular flexibility index (Phi) is 6.57. The second-order valence-electron chi connectivity index (χ2n) is 4.28. The van der Waals surface area contributed by atoms with E-state index in [1.165, 1.54) is 22.6 Å². The van der Waals surface area contributed by atoms with E-state index in [2.05, 4.69) is 14.4 Å². The molecule has 126 valence electrons. The van der Waals surface area contributed by atoms with E-state index in [0.29, 0.717) is 0 Å². The third kappa shape index (κ3) is 5.78. The van der Waals surface area contributed by atoms with Gasteiger partial charge in [0.05, 0.1) is 0 Å². The Labute approximate surface area is 127 Å². The summed E-state index contributed by atoms with van der Waals surface area (Å²) in [7, 11) is -3.70. The molecular formula is C12H18F3N3O3S. The molecule has 6 nitrogen and oxygen atoms in total. The van der Waals surface area contributed by atoms with Gasteiger partial charge < -0.3 is 4.74 Å². The summed E-state index contributed by atoms with van der Waals surface area (Å²) in [5, 5.41) is 0. The zero-order chi connectivity index (χ0) is 16.8. The normalized spacial score (nSPS) is 12.6. The van der Waals surface area contributed by atoms with E-state index in [9.17, 15) is 21.6 Å². The summed E-state index contributed by atoms with van der Waals surface area (Å²) in [4.78, 5) is 3.70. The zero-order valence-electron chi connectivity index (χ0n) is 12.2. The fraction of sp³-hybridized carbons (Fsp3) is 0.583. The van der Waals surface area contributed by atoms with Crippen LogP contribution in [0.3, 0.4) is 0 Å². The lowest BCUT2D eigenvalue weighted by molar-refractivity contribution is -0.154. The highest BCUT2D eigenvalue weighted by atomic mass is 32.2. The fourth-order valence-corrected chi connectivity index (χ4v) is 2.86. The van der Waals surface area contributed by atoms with Gasteiger partial charge in [-0.2, -0.15) is 30.6 Å². The number of rotatable bonds is 8. The van der Waals surface area contributed by atoms with Crippen molar-refractivity contribution in [2.45, 2.75) is 26.6 Å². The first-order chi connectivity index (χ1) is 10.2. The molecule has 0 aliphatic carbocycles. The lowest BCUT2D eigenvalue weighted by atomic mass is 10.3. The molecule has 1 N–H and O–H groups in total. The van der Waals surface area contributed by atoms with Crippen molar-refractivity contribution in [3.05, 3.63) is 23.9 Å². The molecular weight excluding hydrogens is 323 g/mol.